The number of hydrogen-bond acceptors (Lipinski definition) is 6. The van der Waals surface area contributed by atoms with Crippen LogP contribution in [0, 0.1) is 22.7 Å². The molecule has 0 radical (unpaired) electrons. The van der Waals surface area contributed by atoms with Gasteiger partial charge in [-0.25, -0.2) is 0 Å². The molecule has 196 valence electrons. The lowest BCUT2D eigenvalue weighted by Crippen LogP contribution is -2.56. The molecule has 5 aliphatic rings. The molecule has 3 fully saturated rings. The highest BCUT2D eigenvalue weighted by molar-refractivity contribution is 5.52. The molecule has 1 heterocycles. The molecule has 0 aromatic rings. The predicted octanol–water partition coefficient (Wildman–Crippen LogP) is 3.78. The standard InChI is InChI=1S/C29H44O6/c1-16(2)19-10-11-28(3)12-13-29(4)20(23(19)28)9-8-18(24(31)17-6-5-7-17)14-22(29)35-27-26(33)25(32)21(30)15-34-27/h8-9,16-17,21-22,24-27,30-33H,5-7,10-15H2,1-4H3/t21-,22+,24?,25+,26?,27+,28?,29-/m1/s1. The van der Waals surface area contributed by atoms with Gasteiger partial charge >= 0.3 is 0 Å². The Morgan fingerprint density at radius 2 is 1.77 bits per heavy atom. The highest BCUT2D eigenvalue weighted by atomic mass is 16.7. The molecule has 0 amide bonds. The zero-order chi connectivity index (χ0) is 25.1. The Morgan fingerprint density at radius 1 is 1.03 bits per heavy atom. The molecule has 0 spiro atoms. The van der Waals surface area contributed by atoms with Gasteiger partial charge in [-0.05, 0) is 78.9 Å². The minimum Gasteiger partial charge on any atom is -0.388 e. The second kappa shape index (κ2) is 9.38. The molecule has 1 saturated heterocycles. The highest BCUT2D eigenvalue weighted by Crippen LogP contribution is 2.62. The van der Waals surface area contributed by atoms with Gasteiger partial charge in [0.25, 0.3) is 0 Å². The highest BCUT2D eigenvalue weighted by Gasteiger charge is 2.54. The largest absolute Gasteiger partial charge is 0.388 e. The van der Waals surface area contributed by atoms with E-state index in [4.69, 9.17) is 9.47 Å². The molecule has 35 heavy (non-hydrogen) atoms. The Labute approximate surface area is 209 Å². The number of aliphatic hydroxyl groups excluding tert-OH is 4. The number of aliphatic hydroxyl groups is 4. The first-order valence-electron chi connectivity index (χ1n) is 13.7. The van der Waals surface area contributed by atoms with Gasteiger partial charge < -0.3 is 29.9 Å². The van der Waals surface area contributed by atoms with Gasteiger partial charge in [-0.3, -0.25) is 0 Å². The molecular weight excluding hydrogens is 444 g/mol. The van der Waals surface area contributed by atoms with Gasteiger partial charge in [0, 0.05) is 5.41 Å². The van der Waals surface area contributed by atoms with Gasteiger partial charge in [-0.15, -0.1) is 0 Å². The SMILES string of the molecule is CC(C)C1=C2C3=CC=C(C(O)C4CCC4)C[C@H](O[C@@H]4OC[C@@H](O)[C@H](O)C4O)[C@]3(C)CCC2(C)CC1. The molecule has 2 saturated carbocycles. The van der Waals surface area contributed by atoms with Crippen LogP contribution in [0.5, 0.6) is 0 Å². The summed E-state index contributed by atoms with van der Waals surface area (Å²) in [6.07, 6.45) is 6.93. The van der Waals surface area contributed by atoms with Crippen LogP contribution in [-0.4, -0.2) is 63.8 Å². The van der Waals surface area contributed by atoms with Crippen molar-refractivity contribution in [1.29, 1.82) is 0 Å². The number of rotatable bonds is 5. The van der Waals surface area contributed by atoms with Crippen LogP contribution in [0.25, 0.3) is 0 Å². The van der Waals surface area contributed by atoms with Crippen molar-refractivity contribution in [2.24, 2.45) is 22.7 Å². The molecule has 8 atom stereocenters. The maximum Gasteiger partial charge on any atom is 0.186 e. The maximum absolute atomic E-state index is 11.2. The molecule has 6 heteroatoms. The van der Waals surface area contributed by atoms with E-state index >= 15 is 0 Å². The normalized spacial score (nSPS) is 43.2. The molecule has 4 N–H and O–H groups in total. The Bertz CT molecular complexity index is 916. The minimum absolute atomic E-state index is 0.0802. The number of allylic oxidation sites excluding steroid dienone is 4. The van der Waals surface area contributed by atoms with E-state index in [1.165, 1.54) is 29.6 Å². The molecule has 1 aliphatic heterocycles. The van der Waals surface area contributed by atoms with Crippen molar-refractivity contribution in [3.05, 3.63) is 34.4 Å². The van der Waals surface area contributed by atoms with E-state index in [-0.39, 0.29) is 23.5 Å². The molecule has 3 unspecified atom stereocenters. The van der Waals surface area contributed by atoms with Gasteiger partial charge in [0.2, 0.25) is 0 Å². The van der Waals surface area contributed by atoms with Gasteiger partial charge in [-0.1, -0.05) is 51.8 Å². The molecular formula is C29H44O6. The van der Waals surface area contributed by atoms with E-state index in [0.29, 0.717) is 18.3 Å². The van der Waals surface area contributed by atoms with E-state index in [9.17, 15) is 20.4 Å². The third-order valence-electron chi connectivity index (χ3n) is 9.97. The first kappa shape index (κ1) is 25.6. The van der Waals surface area contributed by atoms with Crippen molar-refractivity contribution >= 4 is 0 Å². The molecule has 5 rings (SSSR count). The Kier molecular flexibility index (Phi) is 6.86. The quantitative estimate of drug-likeness (QED) is 0.470. The minimum atomic E-state index is -1.33. The van der Waals surface area contributed by atoms with Gasteiger partial charge in [0.05, 0.1) is 18.8 Å². The van der Waals surface area contributed by atoms with E-state index in [2.05, 4.69) is 39.8 Å². The van der Waals surface area contributed by atoms with Gasteiger partial charge in [-0.2, -0.15) is 0 Å². The van der Waals surface area contributed by atoms with Crippen LogP contribution in [0.15, 0.2) is 34.4 Å². The first-order valence-corrected chi connectivity index (χ1v) is 13.7. The summed E-state index contributed by atoms with van der Waals surface area (Å²) in [4.78, 5) is 0. The number of fused-ring (bicyclic) bond motifs is 3. The summed E-state index contributed by atoms with van der Waals surface area (Å²) in [5, 5.41) is 42.1. The van der Waals surface area contributed by atoms with Crippen molar-refractivity contribution in [2.45, 2.75) is 116 Å². The van der Waals surface area contributed by atoms with Crippen LogP contribution in [-0.2, 0) is 9.47 Å². The van der Waals surface area contributed by atoms with Crippen LogP contribution >= 0.6 is 0 Å². The molecule has 0 bridgehead atoms. The fourth-order valence-electron chi connectivity index (χ4n) is 7.17. The lowest BCUT2D eigenvalue weighted by Gasteiger charge is -2.50. The first-order chi connectivity index (χ1) is 16.5. The second-order valence-electron chi connectivity index (χ2n) is 12.6. The molecule has 4 aliphatic carbocycles. The third kappa shape index (κ3) is 4.28. The fraction of sp³-hybridized carbons (Fsp3) is 0.793. The fourth-order valence-corrected chi connectivity index (χ4v) is 7.17. The van der Waals surface area contributed by atoms with Crippen LogP contribution in [0.1, 0.15) is 79.1 Å². The summed E-state index contributed by atoms with van der Waals surface area (Å²) in [7, 11) is 0. The summed E-state index contributed by atoms with van der Waals surface area (Å²) in [6, 6.07) is 0. The number of hydrogen-bond donors (Lipinski definition) is 4. The van der Waals surface area contributed by atoms with Crippen molar-refractivity contribution in [2.75, 3.05) is 6.61 Å². The van der Waals surface area contributed by atoms with Crippen LogP contribution in [0.2, 0.25) is 0 Å². The molecule has 0 aromatic carbocycles. The maximum atomic E-state index is 11.2. The topological polar surface area (TPSA) is 99.4 Å². The van der Waals surface area contributed by atoms with Crippen LogP contribution in [0.4, 0.5) is 0 Å². The van der Waals surface area contributed by atoms with Gasteiger partial charge in [0.1, 0.15) is 18.3 Å². The lowest BCUT2D eigenvalue weighted by molar-refractivity contribution is -0.291. The van der Waals surface area contributed by atoms with Crippen LogP contribution < -0.4 is 0 Å². The summed E-state index contributed by atoms with van der Waals surface area (Å²) in [6.45, 7) is 9.15. The van der Waals surface area contributed by atoms with Gasteiger partial charge in [0.15, 0.2) is 6.29 Å². The second-order valence-corrected chi connectivity index (χ2v) is 12.6. The van der Waals surface area contributed by atoms with E-state index < -0.39 is 30.7 Å². The summed E-state index contributed by atoms with van der Waals surface area (Å²) in [5.41, 5.74) is 5.14. The van der Waals surface area contributed by atoms with Crippen molar-refractivity contribution in [3.8, 4) is 0 Å². The average molecular weight is 489 g/mol. The summed E-state index contributed by atoms with van der Waals surface area (Å²) < 4.78 is 12.2. The number of ether oxygens (including phenoxy) is 2. The van der Waals surface area contributed by atoms with Crippen molar-refractivity contribution in [3.63, 3.8) is 0 Å². The monoisotopic (exact) mass is 488 g/mol. The molecule has 6 nitrogen and oxygen atoms in total. The summed E-state index contributed by atoms with van der Waals surface area (Å²) in [5.74, 6) is 0.769. The zero-order valence-electron chi connectivity index (χ0n) is 21.7. The Hall–Kier alpha value is -1.02. The van der Waals surface area contributed by atoms with E-state index in [1.54, 1.807) is 0 Å². The Morgan fingerprint density at radius 3 is 2.43 bits per heavy atom. The van der Waals surface area contributed by atoms with E-state index in [0.717, 1.165) is 37.7 Å². The van der Waals surface area contributed by atoms with Crippen molar-refractivity contribution < 1.29 is 29.9 Å². The van der Waals surface area contributed by atoms with Crippen LogP contribution in [0.3, 0.4) is 0 Å². The van der Waals surface area contributed by atoms with E-state index in [1.807, 2.05) is 0 Å². The summed E-state index contributed by atoms with van der Waals surface area (Å²) >= 11 is 0. The molecule has 0 aromatic heterocycles. The zero-order valence-corrected chi connectivity index (χ0v) is 21.7. The predicted molar refractivity (Wildman–Crippen MR) is 133 cm³/mol. The smallest absolute Gasteiger partial charge is 0.186 e. The third-order valence-corrected chi connectivity index (χ3v) is 9.97. The average Bonchev–Trinajstić information content (AvgIpc) is 3.06. The van der Waals surface area contributed by atoms with Crippen molar-refractivity contribution in [1.82, 2.24) is 0 Å². The lowest BCUT2D eigenvalue weighted by atomic mass is 9.57. The Balaban J connectivity index is 1.55.